The molecule has 0 radical (unpaired) electrons. The van der Waals surface area contributed by atoms with E-state index in [1.165, 1.54) is 43.5 Å². The van der Waals surface area contributed by atoms with Gasteiger partial charge in [-0.1, -0.05) is 24.3 Å². The first kappa shape index (κ1) is 13.1. The Balaban J connectivity index is 1.51. The summed E-state index contributed by atoms with van der Waals surface area (Å²) in [6.45, 7) is 4.29. The van der Waals surface area contributed by atoms with Gasteiger partial charge in [-0.15, -0.1) is 0 Å². The quantitative estimate of drug-likeness (QED) is 0.878. The van der Waals surface area contributed by atoms with Gasteiger partial charge in [0.2, 0.25) is 0 Å². The molecule has 104 valence electrons. The average molecular weight is 260 g/mol. The molecular weight excluding hydrogens is 236 g/mol. The Kier molecular flexibility index (Phi) is 4.16. The molecule has 2 unspecified atom stereocenters. The average Bonchev–Trinajstić information content (AvgIpc) is 3.02. The van der Waals surface area contributed by atoms with Crippen molar-refractivity contribution < 1.29 is 4.74 Å². The molecule has 0 aliphatic carbocycles. The maximum atomic E-state index is 5.14. The normalized spacial score (nSPS) is 26.8. The number of rotatable bonds is 5. The van der Waals surface area contributed by atoms with Crippen molar-refractivity contribution in [1.29, 1.82) is 0 Å². The number of methoxy groups -OCH3 is 1. The molecule has 2 fully saturated rings. The molecular formula is C16H24N2O. The van der Waals surface area contributed by atoms with Gasteiger partial charge in [-0.3, -0.25) is 4.90 Å². The van der Waals surface area contributed by atoms with Crippen LogP contribution < -0.4 is 5.32 Å². The summed E-state index contributed by atoms with van der Waals surface area (Å²) in [5.41, 5.74) is 2.62. The fraction of sp³-hybridized carbons (Fsp3) is 0.625. The minimum atomic E-state index is 0.696. The fourth-order valence-corrected chi connectivity index (χ4v) is 3.49. The minimum Gasteiger partial charge on any atom is -0.380 e. The number of nitrogens with zero attached hydrogens (tertiary/aromatic N) is 1. The molecule has 0 aromatic heterocycles. The molecule has 2 atom stereocenters. The van der Waals surface area contributed by atoms with Crippen LogP contribution in [0.5, 0.6) is 0 Å². The van der Waals surface area contributed by atoms with E-state index in [1.54, 1.807) is 7.11 Å². The molecule has 0 amide bonds. The highest BCUT2D eigenvalue weighted by Crippen LogP contribution is 2.28. The van der Waals surface area contributed by atoms with Crippen molar-refractivity contribution in [1.82, 2.24) is 10.2 Å². The Hall–Kier alpha value is -0.900. The Labute approximate surface area is 115 Å². The first-order valence-electron chi connectivity index (χ1n) is 7.41. The van der Waals surface area contributed by atoms with Gasteiger partial charge in [0.15, 0.2) is 0 Å². The van der Waals surface area contributed by atoms with Crippen molar-refractivity contribution in [2.75, 3.05) is 20.2 Å². The summed E-state index contributed by atoms with van der Waals surface area (Å²) >= 11 is 0. The highest BCUT2D eigenvalue weighted by molar-refractivity contribution is 5.22. The van der Waals surface area contributed by atoms with Gasteiger partial charge in [-0.05, 0) is 36.9 Å². The Morgan fingerprint density at radius 1 is 1.16 bits per heavy atom. The molecule has 2 aliphatic heterocycles. The predicted octanol–water partition coefficient (Wildman–Crippen LogP) is 2.16. The summed E-state index contributed by atoms with van der Waals surface area (Å²) in [5, 5.41) is 3.75. The predicted molar refractivity (Wildman–Crippen MR) is 77.0 cm³/mol. The summed E-state index contributed by atoms with van der Waals surface area (Å²) in [6, 6.07) is 10.2. The number of nitrogens with one attached hydrogen (secondary N) is 1. The number of benzene rings is 1. The topological polar surface area (TPSA) is 24.5 Å². The Morgan fingerprint density at radius 2 is 1.95 bits per heavy atom. The van der Waals surface area contributed by atoms with E-state index < -0.39 is 0 Å². The SMILES string of the molecule is COCc1ccc(CNC2CCN3CCCC23)cc1. The molecule has 1 aromatic carbocycles. The summed E-state index contributed by atoms with van der Waals surface area (Å²) in [7, 11) is 1.74. The van der Waals surface area contributed by atoms with E-state index in [4.69, 9.17) is 4.74 Å². The lowest BCUT2D eigenvalue weighted by Crippen LogP contribution is -2.38. The molecule has 3 heteroatoms. The van der Waals surface area contributed by atoms with Gasteiger partial charge in [0.05, 0.1) is 6.61 Å². The Morgan fingerprint density at radius 3 is 2.74 bits per heavy atom. The summed E-state index contributed by atoms with van der Waals surface area (Å²) in [5.74, 6) is 0. The van der Waals surface area contributed by atoms with Gasteiger partial charge in [0, 0.05) is 32.3 Å². The second-order valence-electron chi connectivity index (χ2n) is 5.77. The lowest BCUT2D eigenvalue weighted by atomic mass is 10.1. The summed E-state index contributed by atoms with van der Waals surface area (Å²) in [4.78, 5) is 2.65. The molecule has 3 nitrogen and oxygen atoms in total. The van der Waals surface area contributed by atoms with Crippen molar-refractivity contribution >= 4 is 0 Å². The summed E-state index contributed by atoms with van der Waals surface area (Å²) < 4.78 is 5.14. The third kappa shape index (κ3) is 2.99. The number of ether oxygens (including phenoxy) is 1. The molecule has 0 saturated carbocycles. The van der Waals surface area contributed by atoms with Gasteiger partial charge >= 0.3 is 0 Å². The van der Waals surface area contributed by atoms with Crippen LogP contribution in [-0.2, 0) is 17.9 Å². The van der Waals surface area contributed by atoms with Crippen molar-refractivity contribution in [3.8, 4) is 0 Å². The lowest BCUT2D eigenvalue weighted by Gasteiger charge is -2.21. The van der Waals surface area contributed by atoms with E-state index in [0.717, 1.165) is 12.6 Å². The molecule has 19 heavy (non-hydrogen) atoms. The summed E-state index contributed by atoms with van der Waals surface area (Å²) in [6.07, 6.45) is 4.07. The monoisotopic (exact) mass is 260 g/mol. The first-order chi connectivity index (χ1) is 9.36. The van der Waals surface area contributed by atoms with Gasteiger partial charge in [-0.25, -0.2) is 0 Å². The van der Waals surface area contributed by atoms with Gasteiger partial charge in [-0.2, -0.15) is 0 Å². The smallest absolute Gasteiger partial charge is 0.0713 e. The zero-order valence-electron chi connectivity index (χ0n) is 11.8. The first-order valence-corrected chi connectivity index (χ1v) is 7.41. The third-order valence-electron chi connectivity index (χ3n) is 4.51. The molecule has 2 aliphatic rings. The van der Waals surface area contributed by atoms with Crippen molar-refractivity contribution in [3.05, 3.63) is 35.4 Å². The van der Waals surface area contributed by atoms with Crippen LogP contribution in [0.3, 0.4) is 0 Å². The molecule has 2 heterocycles. The van der Waals surface area contributed by atoms with E-state index in [1.807, 2.05) is 0 Å². The van der Waals surface area contributed by atoms with Crippen LogP contribution in [0.1, 0.15) is 30.4 Å². The van der Waals surface area contributed by atoms with E-state index in [2.05, 4.69) is 34.5 Å². The van der Waals surface area contributed by atoms with Crippen molar-refractivity contribution in [3.63, 3.8) is 0 Å². The van der Waals surface area contributed by atoms with Crippen LogP contribution in [0.15, 0.2) is 24.3 Å². The third-order valence-corrected chi connectivity index (χ3v) is 4.51. The maximum absolute atomic E-state index is 5.14. The van der Waals surface area contributed by atoms with E-state index in [9.17, 15) is 0 Å². The second-order valence-corrected chi connectivity index (χ2v) is 5.77. The van der Waals surface area contributed by atoms with Gasteiger partial charge < -0.3 is 10.1 Å². The molecule has 1 N–H and O–H groups in total. The highest BCUT2D eigenvalue weighted by atomic mass is 16.5. The van der Waals surface area contributed by atoms with E-state index in [-0.39, 0.29) is 0 Å². The molecule has 3 rings (SSSR count). The zero-order valence-corrected chi connectivity index (χ0v) is 11.8. The van der Waals surface area contributed by atoms with Gasteiger partial charge in [0.1, 0.15) is 0 Å². The maximum Gasteiger partial charge on any atom is 0.0713 e. The van der Waals surface area contributed by atoms with E-state index >= 15 is 0 Å². The second kappa shape index (κ2) is 6.04. The number of hydrogen-bond donors (Lipinski definition) is 1. The largest absolute Gasteiger partial charge is 0.380 e. The van der Waals surface area contributed by atoms with Crippen LogP contribution in [0.2, 0.25) is 0 Å². The lowest BCUT2D eigenvalue weighted by molar-refractivity contribution is 0.185. The van der Waals surface area contributed by atoms with Crippen LogP contribution in [0.25, 0.3) is 0 Å². The zero-order chi connectivity index (χ0) is 13.1. The van der Waals surface area contributed by atoms with Crippen LogP contribution in [0, 0.1) is 0 Å². The Bertz CT molecular complexity index is 404. The molecule has 0 spiro atoms. The van der Waals surface area contributed by atoms with Gasteiger partial charge in [0.25, 0.3) is 0 Å². The minimum absolute atomic E-state index is 0.696. The highest BCUT2D eigenvalue weighted by Gasteiger charge is 2.36. The number of fused-ring (bicyclic) bond motifs is 1. The number of hydrogen-bond acceptors (Lipinski definition) is 3. The van der Waals surface area contributed by atoms with E-state index in [0.29, 0.717) is 12.6 Å². The molecule has 0 bridgehead atoms. The fourth-order valence-electron chi connectivity index (χ4n) is 3.49. The van der Waals surface area contributed by atoms with Crippen LogP contribution in [-0.4, -0.2) is 37.2 Å². The standard InChI is InChI=1S/C16H24N2O/c1-19-12-14-6-4-13(5-7-14)11-17-15-8-10-18-9-2-3-16(15)18/h4-7,15-17H,2-3,8-12H2,1H3. The van der Waals surface area contributed by atoms with Crippen molar-refractivity contribution in [2.24, 2.45) is 0 Å². The van der Waals surface area contributed by atoms with Crippen molar-refractivity contribution in [2.45, 2.75) is 44.5 Å². The molecule has 1 aromatic rings. The molecule has 2 saturated heterocycles. The van der Waals surface area contributed by atoms with Crippen LogP contribution >= 0.6 is 0 Å². The van der Waals surface area contributed by atoms with Crippen LogP contribution in [0.4, 0.5) is 0 Å².